The molecule has 7 nitrogen and oxygen atoms in total. The lowest BCUT2D eigenvalue weighted by molar-refractivity contribution is 0.0855. The van der Waals surface area contributed by atoms with Crippen LogP contribution in [0.2, 0.25) is 0 Å². The van der Waals surface area contributed by atoms with Gasteiger partial charge in [0.1, 0.15) is 23.4 Å². The largest absolute Gasteiger partial charge is 0.491 e. The SMILES string of the molecule is COC(=O)NC(C)c1ccc(O[C@@H]2CCN(c3ccc(OCC4CC4(F)F)cn3)C2)cc1. The van der Waals surface area contributed by atoms with Crippen molar-refractivity contribution in [2.75, 3.05) is 31.7 Å². The van der Waals surface area contributed by atoms with Gasteiger partial charge in [-0.15, -0.1) is 0 Å². The molecule has 0 radical (unpaired) electrons. The van der Waals surface area contributed by atoms with Crippen LogP contribution in [-0.4, -0.2) is 49.9 Å². The van der Waals surface area contributed by atoms with E-state index in [2.05, 4.69) is 19.9 Å². The zero-order valence-corrected chi connectivity index (χ0v) is 18.1. The van der Waals surface area contributed by atoms with E-state index in [1.807, 2.05) is 37.3 Å². The van der Waals surface area contributed by atoms with Crippen LogP contribution in [0.25, 0.3) is 0 Å². The average Bonchev–Trinajstić information content (AvgIpc) is 3.16. The first kappa shape index (κ1) is 22.1. The van der Waals surface area contributed by atoms with Gasteiger partial charge in [-0.25, -0.2) is 18.6 Å². The van der Waals surface area contributed by atoms with E-state index in [1.54, 1.807) is 12.3 Å². The summed E-state index contributed by atoms with van der Waals surface area (Å²) in [5, 5.41) is 2.73. The molecule has 0 spiro atoms. The molecular formula is C23H27F2N3O4. The van der Waals surface area contributed by atoms with Gasteiger partial charge in [-0.05, 0) is 36.8 Å². The molecule has 3 atom stereocenters. The summed E-state index contributed by atoms with van der Waals surface area (Å²) in [6.07, 6.45) is 1.90. The molecule has 1 aromatic carbocycles. The van der Waals surface area contributed by atoms with Crippen molar-refractivity contribution in [3.8, 4) is 11.5 Å². The fourth-order valence-corrected chi connectivity index (χ4v) is 3.67. The van der Waals surface area contributed by atoms with Crippen LogP contribution in [0.5, 0.6) is 11.5 Å². The summed E-state index contributed by atoms with van der Waals surface area (Å²) in [6, 6.07) is 11.0. The van der Waals surface area contributed by atoms with Gasteiger partial charge in [0.2, 0.25) is 0 Å². The van der Waals surface area contributed by atoms with Crippen LogP contribution in [0.4, 0.5) is 19.4 Å². The third-order valence-electron chi connectivity index (χ3n) is 5.80. The zero-order chi connectivity index (χ0) is 22.7. The van der Waals surface area contributed by atoms with Crippen LogP contribution in [0, 0.1) is 5.92 Å². The van der Waals surface area contributed by atoms with Crippen molar-refractivity contribution < 1.29 is 27.8 Å². The van der Waals surface area contributed by atoms with Crippen LogP contribution >= 0.6 is 0 Å². The average molecular weight is 447 g/mol. The number of pyridine rings is 1. The number of benzene rings is 1. The van der Waals surface area contributed by atoms with E-state index in [4.69, 9.17) is 9.47 Å². The van der Waals surface area contributed by atoms with Crippen LogP contribution in [0.3, 0.4) is 0 Å². The number of hydrogen-bond donors (Lipinski definition) is 1. The van der Waals surface area contributed by atoms with Crippen molar-refractivity contribution in [2.45, 2.75) is 37.8 Å². The molecule has 1 saturated heterocycles. The number of rotatable bonds is 8. The summed E-state index contributed by atoms with van der Waals surface area (Å²) in [4.78, 5) is 17.9. The maximum atomic E-state index is 12.9. The van der Waals surface area contributed by atoms with Crippen molar-refractivity contribution in [2.24, 2.45) is 5.92 Å². The Morgan fingerprint density at radius 3 is 2.59 bits per heavy atom. The number of alkyl halides is 2. The van der Waals surface area contributed by atoms with Gasteiger partial charge in [-0.2, -0.15) is 0 Å². The van der Waals surface area contributed by atoms with E-state index >= 15 is 0 Å². The van der Waals surface area contributed by atoms with Crippen molar-refractivity contribution in [3.05, 3.63) is 48.2 Å². The van der Waals surface area contributed by atoms with Gasteiger partial charge in [-0.1, -0.05) is 12.1 Å². The monoisotopic (exact) mass is 447 g/mol. The summed E-state index contributed by atoms with van der Waals surface area (Å²) >= 11 is 0. The molecule has 2 unspecified atom stereocenters. The number of alkyl carbamates (subject to hydrolysis) is 1. The summed E-state index contributed by atoms with van der Waals surface area (Å²) in [5.41, 5.74) is 0.952. The van der Waals surface area contributed by atoms with E-state index in [0.717, 1.165) is 30.1 Å². The number of hydrogen-bond acceptors (Lipinski definition) is 6. The number of ether oxygens (including phenoxy) is 3. The fourth-order valence-electron chi connectivity index (χ4n) is 3.67. The third kappa shape index (κ3) is 5.38. The second kappa shape index (κ2) is 9.18. The molecule has 1 aliphatic carbocycles. The van der Waals surface area contributed by atoms with Crippen molar-refractivity contribution >= 4 is 11.9 Å². The molecule has 32 heavy (non-hydrogen) atoms. The number of carbonyl (C=O) groups excluding carboxylic acids is 1. The molecule has 1 N–H and O–H groups in total. The quantitative estimate of drug-likeness (QED) is 0.654. The van der Waals surface area contributed by atoms with Gasteiger partial charge in [0.25, 0.3) is 5.92 Å². The van der Waals surface area contributed by atoms with Crippen molar-refractivity contribution in [1.82, 2.24) is 10.3 Å². The minimum Gasteiger partial charge on any atom is -0.491 e. The van der Waals surface area contributed by atoms with E-state index in [1.165, 1.54) is 7.11 Å². The Kier molecular flexibility index (Phi) is 6.34. The highest BCUT2D eigenvalue weighted by molar-refractivity contribution is 5.67. The van der Waals surface area contributed by atoms with Gasteiger partial charge in [0.15, 0.2) is 0 Å². The lowest BCUT2D eigenvalue weighted by atomic mass is 10.1. The highest BCUT2D eigenvalue weighted by Crippen LogP contribution is 2.48. The van der Waals surface area contributed by atoms with Gasteiger partial charge >= 0.3 is 6.09 Å². The van der Waals surface area contributed by atoms with Crippen molar-refractivity contribution in [3.63, 3.8) is 0 Å². The lowest BCUT2D eigenvalue weighted by Gasteiger charge is -2.19. The first-order valence-corrected chi connectivity index (χ1v) is 10.7. The summed E-state index contributed by atoms with van der Waals surface area (Å²) in [5.74, 6) is -1.19. The standard InChI is InChI=1S/C23H27F2N3O4/c1-15(27-22(29)30-2)16-3-5-18(6-4-16)32-20-9-10-28(13-20)21-8-7-19(12-26-21)31-14-17-11-23(17,24)25/h3-8,12,15,17,20H,9-11,13-14H2,1-2H3,(H,27,29)/t15?,17?,20-/m1/s1. The molecule has 4 rings (SSSR count). The molecule has 2 aromatic rings. The maximum absolute atomic E-state index is 12.9. The van der Waals surface area contributed by atoms with Gasteiger partial charge in [0.05, 0.1) is 38.4 Å². The molecule has 1 aromatic heterocycles. The second-order valence-corrected chi connectivity index (χ2v) is 8.23. The number of amides is 1. The highest BCUT2D eigenvalue weighted by Gasteiger charge is 2.57. The fraction of sp³-hybridized carbons (Fsp3) is 0.478. The molecule has 1 saturated carbocycles. The van der Waals surface area contributed by atoms with Crippen molar-refractivity contribution in [1.29, 1.82) is 0 Å². The molecular weight excluding hydrogens is 420 g/mol. The molecule has 1 aliphatic heterocycles. The normalized spacial score (nSPS) is 22.2. The first-order chi connectivity index (χ1) is 15.3. The predicted octanol–water partition coefficient (Wildman–Crippen LogP) is 4.19. The molecule has 2 heterocycles. The number of anilines is 1. The third-order valence-corrected chi connectivity index (χ3v) is 5.80. The summed E-state index contributed by atoms with van der Waals surface area (Å²) in [7, 11) is 1.33. The van der Waals surface area contributed by atoms with E-state index in [9.17, 15) is 13.6 Å². The van der Waals surface area contributed by atoms with Crippen LogP contribution in [0.1, 0.15) is 31.4 Å². The lowest BCUT2D eigenvalue weighted by Crippen LogP contribution is -2.26. The zero-order valence-electron chi connectivity index (χ0n) is 18.1. The number of aromatic nitrogens is 1. The molecule has 1 amide bonds. The topological polar surface area (TPSA) is 72.9 Å². The van der Waals surface area contributed by atoms with E-state index in [0.29, 0.717) is 12.3 Å². The molecule has 9 heteroatoms. The Balaban J connectivity index is 1.25. The van der Waals surface area contributed by atoms with Crippen LogP contribution in [0.15, 0.2) is 42.6 Å². The minimum atomic E-state index is -2.57. The van der Waals surface area contributed by atoms with Gasteiger partial charge in [0, 0.05) is 19.4 Å². The molecule has 0 bridgehead atoms. The second-order valence-electron chi connectivity index (χ2n) is 8.23. The molecule has 2 aliphatic rings. The smallest absolute Gasteiger partial charge is 0.407 e. The minimum absolute atomic E-state index is 0.0178. The summed E-state index contributed by atoms with van der Waals surface area (Å²) < 4.78 is 42.0. The van der Waals surface area contributed by atoms with Crippen LogP contribution < -0.4 is 19.7 Å². The summed E-state index contributed by atoms with van der Waals surface area (Å²) in [6.45, 7) is 3.41. The highest BCUT2D eigenvalue weighted by atomic mass is 19.3. The van der Waals surface area contributed by atoms with Gasteiger partial charge in [-0.3, -0.25) is 0 Å². The van der Waals surface area contributed by atoms with Crippen LogP contribution in [-0.2, 0) is 4.74 Å². The Labute approximate surface area is 185 Å². The van der Waals surface area contributed by atoms with Gasteiger partial charge < -0.3 is 24.4 Å². The number of nitrogens with one attached hydrogen (secondary N) is 1. The van der Waals surface area contributed by atoms with E-state index < -0.39 is 17.9 Å². The predicted molar refractivity (Wildman–Crippen MR) is 114 cm³/mol. The number of carbonyl (C=O) groups is 1. The van der Waals surface area contributed by atoms with E-state index in [-0.39, 0.29) is 25.2 Å². The Morgan fingerprint density at radius 2 is 1.97 bits per heavy atom. The number of methoxy groups -OCH3 is 1. The first-order valence-electron chi connectivity index (χ1n) is 10.7. The Hall–Kier alpha value is -3.10. The molecule has 172 valence electrons. The molecule has 2 fully saturated rings. The number of halogens is 2. The Bertz CT molecular complexity index is 924. The maximum Gasteiger partial charge on any atom is 0.407 e. The number of nitrogens with zero attached hydrogens (tertiary/aromatic N) is 2. The Morgan fingerprint density at radius 1 is 1.25 bits per heavy atom.